The molecule has 9 nitrogen and oxygen atoms in total. The summed E-state index contributed by atoms with van der Waals surface area (Å²) in [6, 6.07) is 5.07. The molecule has 2 aromatic heterocycles. The van der Waals surface area contributed by atoms with Gasteiger partial charge < -0.3 is 4.52 Å². The maximum absolute atomic E-state index is 12.9. The Balaban J connectivity index is 1.64. The standard InChI is InChI=1S/C16H16N6O3/c1-9-14(10(2)25-19-9)16(24)22-7-3-6-21(22)15(23)11-4-5-12-13(8-11)18-20-17-12/h4-5,8H,3,6-7H2,1-2H3,(H,17,18,20). The van der Waals surface area contributed by atoms with Crippen molar-refractivity contribution in [1.29, 1.82) is 0 Å². The zero-order valence-corrected chi connectivity index (χ0v) is 13.8. The lowest BCUT2D eigenvalue weighted by molar-refractivity contribution is 0.0184. The monoisotopic (exact) mass is 340 g/mol. The lowest BCUT2D eigenvalue weighted by Gasteiger charge is -2.27. The van der Waals surface area contributed by atoms with Crippen molar-refractivity contribution in [3.63, 3.8) is 0 Å². The molecule has 25 heavy (non-hydrogen) atoms. The molecule has 1 aliphatic rings. The highest BCUT2D eigenvalue weighted by molar-refractivity contribution is 6.01. The number of amides is 2. The van der Waals surface area contributed by atoms with E-state index in [-0.39, 0.29) is 11.8 Å². The first-order valence-electron chi connectivity index (χ1n) is 7.93. The Morgan fingerprint density at radius 1 is 1.08 bits per heavy atom. The molecule has 0 saturated carbocycles. The molecule has 3 heterocycles. The number of benzene rings is 1. The van der Waals surface area contributed by atoms with Crippen LogP contribution in [0.3, 0.4) is 0 Å². The van der Waals surface area contributed by atoms with Crippen LogP contribution >= 0.6 is 0 Å². The summed E-state index contributed by atoms with van der Waals surface area (Å²) in [7, 11) is 0. The SMILES string of the molecule is Cc1noc(C)c1C(=O)N1CCCN1C(=O)c1ccc2n[nH]nc2c1. The van der Waals surface area contributed by atoms with E-state index in [0.29, 0.717) is 53.1 Å². The summed E-state index contributed by atoms with van der Waals surface area (Å²) in [5.74, 6) is -0.0714. The number of fused-ring (bicyclic) bond motifs is 1. The van der Waals surface area contributed by atoms with Gasteiger partial charge in [-0.15, -0.1) is 0 Å². The molecule has 1 N–H and O–H groups in total. The van der Waals surface area contributed by atoms with E-state index in [4.69, 9.17) is 4.52 Å². The van der Waals surface area contributed by atoms with E-state index in [2.05, 4.69) is 20.6 Å². The lowest BCUT2D eigenvalue weighted by Crippen LogP contribution is -2.45. The Morgan fingerprint density at radius 2 is 1.80 bits per heavy atom. The zero-order chi connectivity index (χ0) is 17.6. The van der Waals surface area contributed by atoms with Gasteiger partial charge in [-0.1, -0.05) is 5.16 Å². The van der Waals surface area contributed by atoms with E-state index in [1.165, 1.54) is 10.0 Å². The summed E-state index contributed by atoms with van der Waals surface area (Å²) in [5, 5.41) is 17.2. The molecule has 1 aromatic carbocycles. The van der Waals surface area contributed by atoms with Gasteiger partial charge in [-0.3, -0.25) is 9.59 Å². The van der Waals surface area contributed by atoms with E-state index in [1.807, 2.05) is 0 Å². The van der Waals surface area contributed by atoms with Crippen molar-refractivity contribution >= 4 is 22.8 Å². The average Bonchev–Trinajstić information content (AvgIpc) is 3.32. The van der Waals surface area contributed by atoms with Crippen LogP contribution in [0.1, 0.15) is 38.6 Å². The van der Waals surface area contributed by atoms with Crippen molar-refractivity contribution in [2.45, 2.75) is 20.3 Å². The minimum absolute atomic E-state index is 0.248. The number of carbonyl (C=O) groups excluding carboxylic acids is 2. The Kier molecular flexibility index (Phi) is 3.48. The number of aryl methyl sites for hydroxylation is 2. The van der Waals surface area contributed by atoms with Gasteiger partial charge in [0.1, 0.15) is 22.4 Å². The number of hydrogen-bond donors (Lipinski definition) is 1. The molecule has 3 aromatic rings. The van der Waals surface area contributed by atoms with Gasteiger partial charge >= 0.3 is 0 Å². The van der Waals surface area contributed by atoms with Crippen molar-refractivity contribution in [3.8, 4) is 0 Å². The van der Waals surface area contributed by atoms with Crippen molar-refractivity contribution in [3.05, 3.63) is 40.8 Å². The molecule has 0 aliphatic carbocycles. The third-order valence-corrected chi connectivity index (χ3v) is 4.31. The van der Waals surface area contributed by atoms with Crippen molar-refractivity contribution in [1.82, 2.24) is 30.6 Å². The molecule has 2 amide bonds. The molecular formula is C16H16N6O3. The molecule has 1 fully saturated rings. The number of aromatic nitrogens is 4. The molecule has 1 aliphatic heterocycles. The van der Waals surface area contributed by atoms with E-state index >= 15 is 0 Å². The first-order chi connectivity index (χ1) is 12.1. The number of H-pyrrole nitrogens is 1. The van der Waals surface area contributed by atoms with E-state index in [0.717, 1.165) is 0 Å². The van der Waals surface area contributed by atoms with Crippen LogP contribution in [0.2, 0.25) is 0 Å². The molecular weight excluding hydrogens is 324 g/mol. The molecule has 4 rings (SSSR count). The van der Waals surface area contributed by atoms with Crippen LogP contribution in [0.15, 0.2) is 22.7 Å². The maximum Gasteiger partial charge on any atom is 0.277 e. The highest BCUT2D eigenvalue weighted by Gasteiger charge is 2.34. The normalized spacial score (nSPS) is 14.5. The number of aromatic amines is 1. The zero-order valence-electron chi connectivity index (χ0n) is 13.8. The first kappa shape index (κ1) is 15.3. The van der Waals surface area contributed by atoms with Gasteiger partial charge in [-0.2, -0.15) is 15.4 Å². The van der Waals surface area contributed by atoms with Gasteiger partial charge in [0.15, 0.2) is 0 Å². The Hall–Kier alpha value is -3.23. The Bertz CT molecular complexity index is 956. The average molecular weight is 340 g/mol. The van der Waals surface area contributed by atoms with E-state index < -0.39 is 0 Å². The first-order valence-corrected chi connectivity index (χ1v) is 7.93. The van der Waals surface area contributed by atoms with Crippen molar-refractivity contribution in [2.75, 3.05) is 13.1 Å². The molecule has 0 spiro atoms. The van der Waals surface area contributed by atoms with Crippen LogP contribution in [0.5, 0.6) is 0 Å². The minimum atomic E-state index is -0.274. The van der Waals surface area contributed by atoms with Crippen LogP contribution in [-0.4, -0.2) is 55.5 Å². The van der Waals surface area contributed by atoms with Crippen LogP contribution in [-0.2, 0) is 0 Å². The number of rotatable bonds is 2. The second-order valence-corrected chi connectivity index (χ2v) is 5.94. The summed E-state index contributed by atoms with van der Waals surface area (Å²) < 4.78 is 5.08. The summed E-state index contributed by atoms with van der Waals surface area (Å²) >= 11 is 0. The second-order valence-electron chi connectivity index (χ2n) is 5.94. The van der Waals surface area contributed by atoms with Gasteiger partial charge in [0.25, 0.3) is 11.8 Å². The number of hydrogen-bond acceptors (Lipinski definition) is 6. The fourth-order valence-electron chi connectivity index (χ4n) is 3.07. The minimum Gasteiger partial charge on any atom is -0.361 e. The third kappa shape index (κ3) is 2.44. The van der Waals surface area contributed by atoms with Crippen LogP contribution in [0.4, 0.5) is 0 Å². The predicted molar refractivity (Wildman–Crippen MR) is 86.6 cm³/mol. The molecule has 0 unspecified atom stereocenters. The van der Waals surface area contributed by atoms with Crippen molar-refractivity contribution < 1.29 is 14.1 Å². The highest BCUT2D eigenvalue weighted by atomic mass is 16.5. The Labute approximate surface area is 142 Å². The largest absolute Gasteiger partial charge is 0.361 e. The summed E-state index contributed by atoms with van der Waals surface area (Å²) in [5.41, 5.74) is 2.67. The van der Waals surface area contributed by atoms with Crippen LogP contribution in [0, 0.1) is 13.8 Å². The number of hydrazine groups is 1. The topological polar surface area (TPSA) is 108 Å². The maximum atomic E-state index is 12.9. The van der Waals surface area contributed by atoms with Gasteiger partial charge in [-0.05, 0) is 38.5 Å². The molecule has 0 bridgehead atoms. The summed E-state index contributed by atoms with van der Waals surface area (Å²) in [6.45, 7) is 4.35. The molecule has 9 heteroatoms. The van der Waals surface area contributed by atoms with Gasteiger partial charge in [0, 0.05) is 18.7 Å². The van der Waals surface area contributed by atoms with Crippen LogP contribution < -0.4 is 0 Å². The third-order valence-electron chi connectivity index (χ3n) is 4.31. The molecule has 128 valence electrons. The number of nitrogens with zero attached hydrogens (tertiary/aromatic N) is 5. The predicted octanol–water partition coefficient (Wildman–Crippen LogP) is 1.47. The van der Waals surface area contributed by atoms with Crippen molar-refractivity contribution in [2.24, 2.45) is 0 Å². The lowest BCUT2D eigenvalue weighted by atomic mass is 10.1. The highest BCUT2D eigenvalue weighted by Crippen LogP contribution is 2.22. The summed E-state index contributed by atoms with van der Waals surface area (Å²) in [4.78, 5) is 25.8. The summed E-state index contributed by atoms with van der Waals surface area (Å²) in [6.07, 6.45) is 0.715. The fourth-order valence-corrected chi connectivity index (χ4v) is 3.07. The number of nitrogens with one attached hydrogen (secondary N) is 1. The van der Waals surface area contributed by atoms with Gasteiger partial charge in [0.2, 0.25) is 0 Å². The quantitative estimate of drug-likeness (QED) is 0.757. The van der Waals surface area contributed by atoms with Crippen LogP contribution in [0.25, 0.3) is 11.0 Å². The number of carbonyl (C=O) groups is 2. The fraction of sp³-hybridized carbons (Fsp3) is 0.312. The van der Waals surface area contributed by atoms with Gasteiger partial charge in [-0.25, -0.2) is 10.0 Å². The van der Waals surface area contributed by atoms with Gasteiger partial charge in [0.05, 0.1) is 5.69 Å². The Morgan fingerprint density at radius 3 is 2.52 bits per heavy atom. The smallest absolute Gasteiger partial charge is 0.277 e. The van der Waals surface area contributed by atoms with E-state index in [1.54, 1.807) is 32.0 Å². The molecule has 0 radical (unpaired) electrons. The molecule has 1 saturated heterocycles. The van der Waals surface area contributed by atoms with E-state index in [9.17, 15) is 9.59 Å². The second kappa shape index (κ2) is 5.69. The molecule has 0 atom stereocenters.